The van der Waals surface area contributed by atoms with Crippen LogP contribution in [0.5, 0.6) is 11.5 Å². The van der Waals surface area contributed by atoms with Crippen molar-refractivity contribution in [3.63, 3.8) is 0 Å². The van der Waals surface area contributed by atoms with E-state index in [4.69, 9.17) is 21.1 Å². The predicted octanol–water partition coefficient (Wildman–Crippen LogP) is 5.71. The predicted molar refractivity (Wildman–Crippen MR) is 151 cm³/mol. The summed E-state index contributed by atoms with van der Waals surface area (Å²) in [7, 11) is -2.44. The van der Waals surface area contributed by atoms with Crippen molar-refractivity contribution in [1.29, 1.82) is 0 Å². The lowest BCUT2D eigenvalue weighted by Crippen LogP contribution is -2.52. The summed E-state index contributed by atoms with van der Waals surface area (Å²) in [4.78, 5) is 16.9. The molecule has 0 radical (unpaired) electrons. The number of fused-ring (bicyclic) bond motifs is 1. The summed E-state index contributed by atoms with van der Waals surface area (Å²) < 4.78 is 39.9. The first-order chi connectivity index (χ1) is 17.9. The molecule has 38 heavy (non-hydrogen) atoms. The van der Waals surface area contributed by atoms with Crippen molar-refractivity contribution < 1.29 is 22.7 Å². The van der Waals surface area contributed by atoms with Crippen molar-refractivity contribution in [3.8, 4) is 11.5 Å². The molecule has 7 nitrogen and oxygen atoms in total. The number of rotatable bonds is 8. The van der Waals surface area contributed by atoms with Crippen LogP contribution in [0, 0.1) is 6.92 Å². The van der Waals surface area contributed by atoms with E-state index in [0.717, 1.165) is 17.5 Å². The number of ether oxygens (including phenoxy) is 2. The Kier molecular flexibility index (Phi) is 8.42. The number of aryl methyl sites for hydroxylation is 1. The monoisotopic (exact) mass is 576 g/mol. The number of carbonyl (C=O) groups is 1. The molecule has 0 aliphatic carbocycles. The number of nitrogens with zero attached hydrogens (tertiary/aromatic N) is 2. The molecule has 0 saturated carbocycles. The van der Waals surface area contributed by atoms with Crippen molar-refractivity contribution in [2.45, 2.75) is 50.6 Å². The molecule has 1 aromatic heterocycles. The normalized spacial score (nSPS) is 15.9. The molecule has 1 amide bonds. The first-order valence-corrected chi connectivity index (χ1v) is 15.0. The highest BCUT2D eigenvalue weighted by Gasteiger charge is 2.39. The fourth-order valence-corrected chi connectivity index (χ4v) is 7.31. The van der Waals surface area contributed by atoms with E-state index in [0.29, 0.717) is 23.1 Å². The number of halogens is 1. The second-order valence-corrected chi connectivity index (χ2v) is 13.5. The summed E-state index contributed by atoms with van der Waals surface area (Å²) in [5.41, 5.74) is 1.12. The number of sulfonamides is 1. The Morgan fingerprint density at radius 2 is 1.82 bits per heavy atom. The number of amides is 1. The van der Waals surface area contributed by atoms with E-state index < -0.39 is 15.6 Å². The lowest BCUT2D eigenvalue weighted by atomic mass is 10.00. The second kappa shape index (κ2) is 11.3. The van der Waals surface area contributed by atoms with E-state index in [1.165, 1.54) is 28.4 Å². The van der Waals surface area contributed by atoms with Gasteiger partial charge in [-0.25, -0.2) is 8.42 Å². The van der Waals surface area contributed by atoms with E-state index in [1.807, 2.05) is 30.5 Å². The summed E-state index contributed by atoms with van der Waals surface area (Å²) >= 11 is 7.82. The Hall–Kier alpha value is -2.59. The first-order valence-electron chi connectivity index (χ1n) is 12.3. The number of thiophene rings is 1. The molecule has 2 heterocycles. The van der Waals surface area contributed by atoms with Crippen LogP contribution in [-0.4, -0.2) is 55.9 Å². The average Bonchev–Trinajstić information content (AvgIpc) is 3.36. The lowest BCUT2D eigenvalue weighted by molar-refractivity contribution is -0.135. The minimum absolute atomic E-state index is 0.109. The van der Waals surface area contributed by atoms with E-state index >= 15 is 0 Å². The van der Waals surface area contributed by atoms with Gasteiger partial charge in [-0.15, -0.1) is 11.3 Å². The highest BCUT2D eigenvalue weighted by atomic mass is 35.5. The second-order valence-electron chi connectivity index (χ2n) is 10.2. The van der Waals surface area contributed by atoms with E-state index in [-0.39, 0.29) is 30.0 Å². The third kappa shape index (κ3) is 6.01. The fraction of sp³-hybridized carbons (Fsp3) is 0.393. The molecule has 204 valence electrons. The molecular formula is C28H33ClN2O5S2. The molecule has 10 heteroatoms. The largest absolute Gasteiger partial charge is 0.497 e. The molecule has 3 aromatic rings. The fourth-order valence-electron chi connectivity index (χ4n) is 4.53. The van der Waals surface area contributed by atoms with Gasteiger partial charge in [0, 0.05) is 22.0 Å². The molecule has 0 spiro atoms. The molecule has 1 aliphatic rings. The Morgan fingerprint density at radius 1 is 1.13 bits per heavy atom. The zero-order valence-corrected chi connectivity index (χ0v) is 24.6. The average molecular weight is 577 g/mol. The summed E-state index contributed by atoms with van der Waals surface area (Å²) in [5.74, 6) is 0.954. The molecule has 4 rings (SSSR count). The van der Waals surface area contributed by atoms with E-state index in [2.05, 4.69) is 0 Å². The maximum absolute atomic E-state index is 13.8. The highest BCUT2D eigenvalue weighted by Crippen LogP contribution is 2.35. The van der Waals surface area contributed by atoms with Crippen LogP contribution in [0.3, 0.4) is 0 Å². The van der Waals surface area contributed by atoms with Gasteiger partial charge in [0.1, 0.15) is 18.1 Å². The first kappa shape index (κ1) is 28.4. The third-order valence-electron chi connectivity index (χ3n) is 6.63. The van der Waals surface area contributed by atoms with Gasteiger partial charge in [-0.1, -0.05) is 11.6 Å². The van der Waals surface area contributed by atoms with Gasteiger partial charge in [0.05, 0.1) is 24.6 Å². The van der Waals surface area contributed by atoms with Crippen LogP contribution in [0.25, 0.3) is 0 Å². The summed E-state index contributed by atoms with van der Waals surface area (Å²) in [6, 6.07) is 13.4. The third-order valence-corrected chi connectivity index (χ3v) is 10.2. The van der Waals surface area contributed by atoms with E-state index in [1.54, 1.807) is 55.2 Å². The molecule has 0 fully saturated rings. The van der Waals surface area contributed by atoms with Crippen molar-refractivity contribution in [3.05, 3.63) is 74.9 Å². The van der Waals surface area contributed by atoms with Crippen molar-refractivity contribution >= 4 is 38.9 Å². The van der Waals surface area contributed by atoms with Crippen LogP contribution in [-0.2, 0) is 21.2 Å². The Labute approximate surface area is 234 Å². The van der Waals surface area contributed by atoms with Crippen LogP contribution in [0.4, 0.5) is 0 Å². The van der Waals surface area contributed by atoms with Gasteiger partial charge < -0.3 is 14.4 Å². The van der Waals surface area contributed by atoms with Gasteiger partial charge in [-0.3, -0.25) is 4.79 Å². The molecule has 0 saturated heterocycles. The number of carbonyl (C=O) groups excluding carboxylic acids is 1. The number of benzene rings is 2. The molecule has 0 N–H and O–H groups in total. The minimum atomic E-state index is -3.96. The Bertz CT molecular complexity index is 1400. The number of methoxy groups -OCH3 is 1. The summed E-state index contributed by atoms with van der Waals surface area (Å²) in [6.07, 6.45) is 0.718. The highest BCUT2D eigenvalue weighted by molar-refractivity contribution is 7.89. The maximum Gasteiger partial charge on any atom is 0.244 e. The number of hydrogen-bond acceptors (Lipinski definition) is 6. The van der Waals surface area contributed by atoms with Gasteiger partial charge >= 0.3 is 0 Å². The maximum atomic E-state index is 13.8. The zero-order valence-electron chi connectivity index (χ0n) is 22.2. The number of hydrogen-bond donors (Lipinski definition) is 0. The van der Waals surface area contributed by atoms with Gasteiger partial charge in [0.25, 0.3) is 0 Å². The molecule has 0 unspecified atom stereocenters. The molecule has 1 aliphatic heterocycles. The van der Waals surface area contributed by atoms with Crippen molar-refractivity contribution in [2.24, 2.45) is 0 Å². The molecule has 0 bridgehead atoms. The van der Waals surface area contributed by atoms with Crippen LogP contribution >= 0.6 is 22.9 Å². The van der Waals surface area contributed by atoms with Gasteiger partial charge in [-0.2, -0.15) is 4.31 Å². The Morgan fingerprint density at radius 3 is 2.45 bits per heavy atom. The minimum Gasteiger partial charge on any atom is -0.497 e. The zero-order chi connectivity index (χ0) is 27.7. The van der Waals surface area contributed by atoms with Gasteiger partial charge in [0.15, 0.2) is 0 Å². The van der Waals surface area contributed by atoms with E-state index in [9.17, 15) is 13.2 Å². The smallest absolute Gasteiger partial charge is 0.244 e. The van der Waals surface area contributed by atoms with Crippen LogP contribution in [0.2, 0.25) is 5.02 Å². The van der Waals surface area contributed by atoms with Crippen LogP contribution in [0.15, 0.2) is 58.8 Å². The lowest BCUT2D eigenvalue weighted by Gasteiger charge is -2.39. The Balaban J connectivity index is 1.60. The summed E-state index contributed by atoms with van der Waals surface area (Å²) in [5, 5.41) is 2.68. The molecule has 2 aromatic carbocycles. The molecule has 1 atom stereocenters. The quantitative estimate of drug-likeness (QED) is 0.343. The standard InChI is InChI=1S/C28H33ClN2O5S2/c1-19-16-21(8-11-24(19)29)36-18-25-23-13-15-37-26(23)12-14-30(25)27(32)17-31(28(2,3)4)38(33,34)22-9-6-20(35-5)7-10-22/h6-11,13,15-16,25H,12,14,17-18H2,1-5H3/t25-/m0/s1. The van der Waals surface area contributed by atoms with Crippen LogP contribution in [0.1, 0.15) is 42.8 Å². The topological polar surface area (TPSA) is 76.2 Å². The van der Waals surface area contributed by atoms with Crippen LogP contribution < -0.4 is 9.47 Å². The SMILES string of the molecule is COc1ccc(S(=O)(=O)N(CC(=O)N2CCc3sccc3[C@@H]2COc2ccc(Cl)c(C)c2)C(C)(C)C)cc1. The molecular weight excluding hydrogens is 544 g/mol. The van der Waals surface area contributed by atoms with Gasteiger partial charge in [0.2, 0.25) is 15.9 Å². The summed E-state index contributed by atoms with van der Waals surface area (Å²) in [6.45, 7) is 7.73. The van der Waals surface area contributed by atoms with Crippen molar-refractivity contribution in [1.82, 2.24) is 9.21 Å². The van der Waals surface area contributed by atoms with Crippen molar-refractivity contribution in [2.75, 3.05) is 26.8 Å². The van der Waals surface area contributed by atoms with Gasteiger partial charge in [-0.05, 0) is 99.2 Å².